The van der Waals surface area contributed by atoms with Crippen molar-refractivity contribution in [1.29, 1.82) is 0 Å². The van der Waals surface area contributed by atoms with Crippen LogP contribution in [0.25, 0.3) is 5.69 Å². The molecule has 1 atom stereocenters. The highest BCUT2D eigenvalue weighted by atomic mass is 35.5. The van der Waals surface area contributed by atoms with Gasteiger partial charge >= 0.3 is 6.18 Å². The quantitative estimate of drug-likeness (QED) is 0.921. The number of hydrogen-bond donors (Lipinski definition) is 1. The number of aromatic nitrogens is 2. The Morgan fingerprint density at radius 2 is 2.00 bits per heavy atom. The van der Waals surface area contributed by atoms with Gasteiger partial charge in [-0.1, -0.05) is 17.7 Å². The van der Waals surface area contributed by atoms with Crippen molar-refractivity contribution < 1.29 is 13.2 Å². The molecule has 0 fully saturated rings. The second-order valence-electron chi connectivity index (χ2n) is 4.12. The first-order valence-corrected chi connectivity index (χ1v) is 5.81. The number of aryl methyl sites for hydroxylation is 1. The second kappa shape index (κ2) is 4.86. The lowest BCUT2D eigenvalue weighted by molar-refractivity contribution is -0.149. The molecule has 2 N–H and O–H groups in total. The average Bonchev–Trinajstić information content (AvgIpc) is 2.73. The Hall–Kier alpha value is -1.53. The van der Waals surface area contributed by atoms with E-state index in [0.717, 1.165) is 0 Å². The van der Waals surface area contributed by atoms with Gasteiger partial charge in [-0.3, -0.25) is 0 Å². The predicted molar refractivity (Wildman–Crippen MR) is 66.3 cm³/mol. The van der Waals surface area contributed by atoms with Crippen molar-refractivity contribution in [2.24, 2.45) is 5.73 Å². The molecule has 0 aliphatic carbocycles. The van der Waals surface area contributed by atoms with E-state index in [1.807, 2.05) is 0 Å². The maximum atomic E-state index is 12.7. The molecule has 0 bridgehead atoms. The Balaban J connectivity index is 2.56. The van der Waals surface area contributed by atoms with E-state index in [2.05, 4.69) is 5.10 Å². The highest BCUT2D eigenvalue weighted by Crippen LogP contribution is 2.34. The van der Waals surface area contributed by atoms with Crippen LogP contribution in [0, 0.1) is 6.92 Å². The summed E-state index contributed by atoms with van der Waals surface area (Å²) in [6, 6.07) is 3.66. The van der Waals surface area contributed by atoms with E-state index in [-0.39, 0.29) is 11.3 Å². The molecular weight excluding hydrogens is 279 g/mol. The maximum Gasteiger partial charge on any atom is 0.407 e. The first kappa shape index (κ1) is 13.9. The molecule has 0 radical (unpaired) electrons. The standard InChI is InChI=1S/C12H11ClF3N3/c1-7-4-5-19(18-7)10-6-8(13)2-3-9(10)11(17)12(14,15)16/h2-6,11H,17H2,1H3/t11-/m0/s1. The van der Waals surface area contributed by atoms with Gasteiger partial charge in [0.2, 0.25) is 0 Å². The van der Waals surface area contributed by atoms with Crippen LogP contribution in [0.4, 0.5) is 13.2 Å². The zero-order valence-electron chi connectivity index (χ0n) is 9.95. The van der Waals surface area contributed by atoms with E-state index in [1.165, 1.54) is 22.9 Å². The zero-order chi connectivity index (χ0) is 14.2. The largest absolute Gasteiger partial charge is 0.407 e. The van der Waals surface area contributed by atoms with Gasteiger partial charge in [0.15, 0.2) is 0 Å². The number of alkyl halides is 3. The minimum absolute atomic E-state index is 0.0694. The van der Waals surface area contributed by atoms with Gasteiger partial charge in [-0.25, -0.2) is 4.68 Å². The van der Waals surface area contributed by atoms with E-state index >= 15 is 0 Å². The van der Waals surface area contributed by atoms with Gasteiger partial charge in [-0.05, 0) is 25.1 Å². The van der Waals surface area contributed by atoms with Crippen LogP contribution < -0.4 is 5.73 Å². The first-order valence-electron chi connectivity index (χ1n) is 5.43. The lowest BCUT2D eigenvalue weighted by Crippen LogP contribution is -2.29. The minimum Gasteiger partial charge on any atom is -0.316 e. The smallest absolute Gasteiger partial charge is 0.316 e. The number of nitrogens with two attached hydrogens (primary N) is 1. The SMILES string of the molecule is Cc1ccn(-c2cc(Cl)ccc2[C@H](N)C(F)(F)F)n1. The third kappa shape index (κ3) is 2.90. The van der Waals surface area contributed by atoms with E-state index in [0.29, 0.717) is 10.7 Å². The summed E-state index contributed by atoms with van der Waals surface area (Å²) in [6.45, 7) is 1.74. The summed E-state index contributed by atoms with van der Waals surface area (Å²) in [5.41, 5.74) is 6.10. The van der Waals surface area contributed by atoms with Crippen molar-refractivity contribution in [3.8, 4) is 5.69 Å². The Morgan fingerprint density at radius 3 is 2.53 bits per heavy atom. The topological polar surface area (TPSA) is 43.8 Å². The summed E-state index contributed by atoms with van der Waals surface area (Å²) >= 11 is 5.83. The van der Waals surface area contributed by atoms with Crippen LogP contribution in [-0.2, 0) is 0 Å². The van der Waals surface area contributed by atoms with Crippen molar-refractivity contribution in [2.45, 2.75) is 19.1 Å². The van der Waals surface area contributed by atoms with Crippen molar-refractivity contribution in [3.63, 3.8) is 0 Å². The number of benzene rings is 1. The lowest BCUT2D eigenvalue weighted by Gasteiger charge is -2.19. The van der Waals surface area contributed by atoms with Gasteiger partial charge in [-0.2, -0.15) is 18.3 Å². The van der Waals surface area contributed by atoms with Crippen LogP contribution in [0.15, 0.2) is 30.5 Å². The lowest BCUT2D eigenvalue weighted by atomic mass is 10.1. The molecule has 0 amide bonds. The molecule has 102 valence electrons. The van der Waals surface area contributed by atoms with Crippen LogP contribution in [0.5, 0.6) is 0 Å². The number of rotatable bonds is 2. The van der Waals surface area contributed by atoms with Gasteiger partial charge in [0.05, 0.1) is 11.4 Å². The molecule has 0 aliphatic rings. The summed E-state index contributed by atoms with van der Waals surface area (Å²) in [4.78, 5) is 0. The Kier molecular flexibility index (Phi) is 3.56. The van der Waals surface area contributed by atoms with Gasteiger partial charge in [0, 0.05) is 16.8 Å². The first-order chi connectivity index (χ1) is 8.79. The van der Waals surface area contributed by atoms with Gasteiger partial charge in [0.1, 0.15) is 6.04 Å². The fourth-order valence-electron chi connectivity index (χ4n) is 1.70. The van der Waals surface area contributed by atoms with Crippen molar-refractivity contribution in [2.75, 3.05) is 0 Å². The molecule has 0 unspecified atom stereocenters. The normalized spacial score (nSPS) is 13.6. The summed E-state index contributed by atoms with van der Waals surface area (Å²) in [5, 5.41) is 4.40. The van der Waals surface area contributed by atoms with Crippen molar-refractivity contribution in [3.05, 3.63) is 46.7 Å². The average molecular weight is 290 g/mol. The fraction of sp³-hybridized carbons (Fsp3) is 0.250. The van der Waals surface area contributed by atoms with E-state index < -0.39 is 12.2 Å². The Labute approximate surface area is 112 Å². The molecule has 0 spiro atoms. The molecule has 19 heavy (non-hydrogen) atoms. The molecule has 1 aromatic carbocycles. The Bertz CT molecular complexity index is 592. The monoisotopic (exact) mass is 289 g/mol. The molecule has 1 heterocycles. The molecule has 1 aromatic heterocycles. The second-order valence-corrected chi connectivity index (χ2v) is 4.56. The van der Waals surface area contributed by atoms with Crippen molar-refractivity contribution in [1.82, 2.24) is 9.78 Å². The zero-order valence-corrected chi connectivity index (χ0v) is 10.7. The summed E-state index contributed by atoms with van der Waals surface area (Å²) in [5.74, 6) is 0. The third-order valence-corrected chi connectivity index (χ3v) is 2.88. The van der Waals surface area contributed by atoms with E-state index in [1.54, 1.807) is 19.2 Å². The Morgan fingerprint density at radius 1 is 1.32 bits per heavy atom. The number of halogens is 4. The van der Waals surface area contributed by atoms with Crippen LogP contribution in [0.2, 0.25) is 5.02 Å². The number of hydrogen-bond acceptors (Lipinski definition) is 2. The van der Waals surface area contributed by atoms with Crippen LogP contribution >= 0.6 is 11.6 Å². The molecule has 0 saturated carbocycles. The molecular formula is C12H11ClF3N3. The van der Waals surface area contributed by atoms with Gasteiger partial charge < -0.3 is 5.73 Å². The summed E-state index contributed by atoms with van der Waals surface area (Å²) < 4.78 is 39.6. The number of nitrogens with zero attached hydrogens (tertiary/aromatic N) is 2. The van der Waals surface area contributed by atoms with Crippen molar-refractivity contribution >= 4 is 11.6 Å². The molecule has 7 heteroatoms. The van der Waals surface area contributed by atoms with Gasteiger partial charge in [-0.15, -0.1) is 0 Å². The highest BCUT2D eigenvalue weighted by Gasteiger charge is 2.39. The van der Waals surface area contributed by atoms with E-state index in [4.69, 9.17) is 17.3 Å². The predicted octanol–water partition coefficient (Wildman–Crippen LogP) is 3.40. The maximum absolute atomic E-state index is 12.7. The molecule has 2 aromatic rings. The molecule has 0 aliphatic heterocycles. The summed E-state index contributed by atoms with van der Waals surface area (Å²) in [6.07, 6.45) is -2.96. The summed E-state index contributed by atoms with van der Waals surface area (Å²) in [7, 11) is 0. The van der Waals surface area contributed by atoms with Crippen LogP contribution in [-0.4, -0.2) is 16.0 Å². The minimum atomic E-state index is -4.52. The fourth-order valence-corrected chi connectivity index (χ4v) is 1.87. The van der Waals surface area contributed by atoms with Crippen LogP contribution in [0.1, 0.15) is 17.3 Å². The highest BCUT2D eigenvalue weighted by molar-refractivity contribution is 6.30. The van der Waals surface area contributed by atoms with Crippen LogP contribution in [0.3, 0.4) is 0 Å². The third-order valence-electron chi connectivity index (χ3n) is 2.65. The van der Waals surface area contributed by atoms with Gasteiger partial charge in [0.25, 0.3) is 0 Å². The molecule has 0 saturated heterocycles. The molecule has 2 rings (SSSR count). The molecule has 3 nitrogen and oxygen atoms in total. The van der Waals surface area contributed by atoms with E-state index in [9.17, 15) is 13.2 Å².